The highest BCUT2D eigenvalue weighted by Crippen LogP contribution is 2.42. The molecule has 2 saturated carbocycles. The highest BCUT2D eigenvalue weighted by molar-refractivity contribution is 7.92. The monoisotopic (exact) mass is 838 g/mol. The van der Waals surface area contributed by atoms with Crippen molar-refractivity contribution in [2.24, 2.45) is 11.8 Å². The number of hydrogen-bond acceptors (Lipinski definition) is 9. The van der Waals surface area contributed by atoms with Crippen molar-refractivity contribution in [2.75, 3.05) is 28.5 Å². The van der Waals surface area contributed by atoms with Gasteiger partial charge in [-0.05, 0) is 80.3 Å². The van der Waals surface area contributed by atoms with Gasteiger partial charge in [0.15, 0.2) is 11.5 Å². The standard InChI is InChI=1S/C48H66N6O5S/c1-5-6-7-8-9-14-31-60(58,59)52-36-25-23-35(24-26-36)46-49-47-42(45(48(2,3)4)50-54(47)51-46)41-43(56)40(44(41)57)38-28-27-37(32-39(38)55)53(29-15-21-33-17-10-11-18-33)30-16-22-34-19-12-13-20-34/h23-28,32-34,52,55-56H,5-22,29-31H2,1-4H3/b42-41-. The van der Waals surface area contributed by atoms with Gasteiger partial charge < -0.3 is 15.1 Å². The van der Waals surface area contributed by atoms with Crippen LogP contribution >= 0.6 is 0 Å². The number of ketones is 1. The van der Waals surface area contributed by atoms with Crippen LogP contribution in [0.5, 0.6) is 5.75 Å². The molecule has 0 saturated heterocycles. The SMILES string of the molecule is CCCCCCCCS(=O)(=O)Nc1ccc(-c2nc3/c(=C4\C(=O)C(c5ccc(N(CCCC6CCCC6)CCCC6CCCC6)cc5O)=C4O)c(C(C)(C)C)nn3n2)cc1. The van der Waals surface area contributed by atoms with Gasteiger partial charge in [0, 0.05) is 47.1 Å². The molecule has 3 aliphatic rings. The fraction of sp³-hybridized carbons (Fsp3) is 0.583. The number of nitrogens with one attached hydrogen (secondary N) is 1. The number of phenolic OH excluding ortho intramolecular Hbond substituents is 1. The molecule has 2 fully saturated rings. The molecule has 7 rings (SSSR count). The number of fused-ring (bicyclic) bond motifs is 1. The third-order valence-electron chi connectivity index (χ3n) is 13.0. The average molecular weight is 839 g/mol. The molecule has 2 aromatic carbocycles. The molecular weight excluding hydrogens is 773 g/mol. The lowest BCUT2D eigenvalue weighted by Gasteiger charge is -2.28. The van der Waals surface area contributed by atoms with Gasteiger partial charge in [0.2, 0.25) is 15.8 Å². The van der Waals surface area contributed by atoms with E-state index in [1.807, 2.05) is 26.8 Å². The lowest BCUT2D eigenvalue weighted by molar-refractivity contribution is -0.109. The Morgan fingerprint density at radius 1 is 0.800 bits per heavy atom. The second-order valence-electron chi connectivity index (χ2n) is 18.7. The van der Waals surface area contributed by atoms with E-state index < -0.39 is 15.4 Å². The zero-order valence-corrected chi connectivity index (χ0v) is 37.1. The van der Waals surface area contributed by atoms with E-state index in [1.54, 1.807) is 36.4 Å². The molecular formula is C48H66N6O5S. The number of anilines is 2. The number of aromatic nitrogens is 4. The van der Waals surface area contributed by atoms with Crippen molar-refractivity contribution in [3.8, 4) is 17.1 Å². The van der Waals surface area contributed by atoms with Crippen LogP contribution in [0.1, 0.15) is 155 Å². The molecule has 0 atom stereocenters. The third-order valence-corrected chi connectivity index (χ3v) is 14.3. The molecule has 4 aromatic rings. The number of sulfonamides is 1. The van der Waals surface area contributed by atoms with Gasteiger partial charge in [0.1, 0.15) is 11.5 Å². The predicted molar refractivity (Wildman–Crippen MR) is 242 cm³/mol. The van der Waals surface area contributed by atoms with Crippen LogP contribution in [-0.2, 0) is 20.2 Å². The summed E-state index contributed by atoms with van der Waals surface area (Å²) in [4.78, 5) is 21.3. The van der Waals surface area contributed by atoms with Crippen molar-refractivity contribution >= 4 is 44.0 Å². The molecule has 2 heterocycles. The van der Waals surface area contributed by atoms with Crippen LogP contribution in [0.25, 0.3) is 28.2 Å². The molecule has 3 N–H and O–H groups in total. The number of aromatic hydroxyl groups is 1. The normalized spacial score (nSPS) is 17.6. The number of carbonyl (C=O) groups is 1. The van der Waals surface area contributed by atoms with Crippen molar-refractivity contribution in [2.45, 2.75) is 149 Å². The maximum Gasteiger partial charge on any atom is 0.232 e. The molecule has 0 spiro atoms. The topological polar surface area (TPSA) is 150 Å². The number of allylic oxidation sites excluding steroid dienone is 2. The number of aliphatic hydroxyl groups is 1. The molecule has 0 radical (unpaired) electrons. The van der Waals surface area contributed by atoms with Gasteiger partial charge in [-0.3, -0.25) is 9.52 Å². The Kier molecular flexibility index (Phi) is 13.9. The Labute approximate surface area is 356 Å². The Morgan fingerprint density at radius 3 is 2.00 bits per heavy atom. The lowest BCUT2D eigenvalue weighted by atomic mass is 9.80. The Morgan fingerprint density at radius 2 is 1.42 bits per heavy atom. The summed E-state index contributed by atoms with van der Waals surface area (Å²) in [7, 11) is -3.48. The summed E-state index contributed by atoms with van der Waals surface area (Å²) in [5.41, 5.74) is 2.92. The zero-order chi connectivity index (χ0) is 42.4. The van der Waals surface area contributed by atoms with Crippen LogP contribution in [0.2, 0.25) is 0 Å². The number of rotatable bonds is 20. The van der Waals surface area contributed by atoms with E-state index >= 15 is 0 Å². The first-order chi connectivity index (χ1) is 28.8. The van der Waals surface area contributed by atoms with Gasteiger partial charge in [0.05, 0.1) is 27.8 Å². The summed E-state index contributed by atoms with van der Waals surface area (Å²) in [6, 6.07) is 12.4. The van der Waals surface area contributed by atoms with Crippen molar-refractivity contribution in [3.63, 3.8) is 0 Å². The lowest BCUT2D eigenvalue weighted by Crippen LogP contribution is -2.32. The van der Waals surface area contributed by atoms with Crippen LogP contribution in [0.15, 0.2) is 48.2 Å². The van der Waals surface area contributed by atoms with Gasteiger partial charge in [-0.25, -0.2) is 13.4 Å². The number of carbonyl (C=O) groups excluding carboxylic acids is 1. The minimum atomic E-state index is -3.48. The average Bonchev–Trinajstić information content (AvgIpc) is 4.04. The number of Topliss-reactive ketones (excluding diaryl/α,β-unsaturated/α-hetero) is 1. The number of hydrogen-bond donors (Lipinski definition) is 3. The van der Waals surface area contributed by atoms with Crippen molar-refractivity contribution in [3.05, 3.63) is 64.7 Å². The van der Waals surface area contributed by atoms with Crippen LogP contribution in [0.3, 0.4) is 0 Å². The van der Waals surface area contributed by atoms with E-state index in [9.17, 15) is 23.4 Å². The Balaban J connectivity index is 1.11. The first-order valence-corrected chi connectivity index (χ1v) is 24.5. The summed E-state index contributed by atoms with van der Waals surface area (Å²) < 4.78 is 29.5. The minimum absolute atomic E-state index is 0.0298. The van der Waals surface area contributed by atoms with Gasteiger partial charge in [-0.15, -0.1) is 9.73 Å². The fourth-order valence-corrected chi connectivity index (χ4v) is 10.8. The minimum Gasteiger partial charge on any atom is -0.507 e. The van der Waals surface area contributed by atoms with Crippen molar-refractivity contribution in [1.29, 1.82) is 0 Å². The molecule has 2 aromatic heterocycles. The second kappa shape index (κ2) is 19.1. The molecule has 324 valence electrons. The molecule has 60 heavy (non-hydrogen) atoms. The highest BCUT2D eigenvalue weighted by Gasteiger charge is 2.40. The van der Waals surface area contributed by atoms with Gasteiger partial charge >= 0.3 is 0 Å². The van der Waals surface area contributed by atoms with Crippen molar-refractivity contribution < 1.29 is 23.4 Å². The molecule has 0 bridgehead atoms. The third kappa shape index (κ3) is 10.2. The molecule has 0 amide bonds. The van der Waals surface area contributed by atoms with Gasteiger partial charge in [0.25, 0.3) is 0 Å². The summed E-state index contributed by atoms with van der Waals surface area (Å²) >= 11 is 0. The van der Waals surface area contributed by atoms with Crippen LogP contribution in [0.4, 0.5) is 11.4 Å². The van der Waals surface area contributed by atoms with E-state index in [0.29, 0.717) is 45.6 Å². The summed E-state index contributed by atoms with van der Waals surface area (Å²) in [5.74, 6) is 1.47. The van der Waals surface area contributed by atoms with Crippen LogP contribution < -0.4 is 14.8 Å². The quantitative estimate of drug-likeness (QED) is 0.0739. The van der Waals surface area contributed by atoms with Crippen LogP contribution in [0, 0.1) is 11.8 Å². The number of benzene rings is 2. The largest absolute Gasteiger partial charge is 0.507 e. The molecule has 12 heteroatoms. The predicted octanol–water partition coefficient (Wildman–Crippen LogP) is 10.1. The Hall–Kier alpha value is -4.45. The van der Waals surface area contributed by atoms with Gasteiger partial charge in [-0.1, -0.05) is 111 Å². The molecule has 0 aliphatic heterocycles. The van der Waals surface area contributed by atoms with Crippen LogP contribution in [-0.4, -0.2) is 63.1 Å². The first-order valence-electron chi connectivity index (χ1n) is 22.8. The van der Waals surface area contributed by atoms with Crippen molar-refractivity contribution in [1.82, 2.24) is 19.8 Å². The fourth-order valence-electron chi connectivity index (χ4n) is 9.57. The van der Waals surface area contributed by atoms with E-state index in [0.717, 1.165) is 69.1 Å². The van der Waals surface area contributed by atoms with E-state index in [-0.39, 0.29) is 34.2 Å². The summed E-state index contributed by atoms with van der Waals surface area (Å²) in [6.07, 6.45) is 21.5. The number of unbranched alkanes of at least 4 members (excludes halogenated alkanes) is 5. The molecule has 3 aliphatic carbocycles. The second-order valence-corrected chi connectivity index (χ2v) is 20.5. The highest BCUT2D eigenvalue weighted by atomic mass is 32.2. The first kappa shape index (κ1) is 43.6. The Bertz CT molecular complexity index is 2290. The van der Waals surface area contributed by atoms with E-state index in [4.69, 9.17) is 10.1 Å². The van der Waals surface area contributed by atoms with Gasteiger partial charge in [-0.2, -0.15) is 5.10 Å². The zero-order valence-electron chi connectivity index (χ0n) is 36.3. The summed E-state index contributed by atoms with van der Waals surface area (Å²) in [5, 5.41) is 32.9. The molecule has 11 nitrogen and oxygen atoms in total. The molecule has 0 unspecified atom stereocenters. The van der Waals surface area contributed by atoms with E-state index in [2.05, 4.69) is 21.6 Å². The number of nitrogens with zero attached hydrogens (tertiary/aromatic N) is 5. The van der Waals surface area contributed by atoms with E-state index in [1.165, 1.54) is 75.3 Å². The number of phenols is 1. The maximum atomic E-state index is 14.1. The summed E-state index contributed by atoms with van der Waals surface area (Å²) in [6.45, 7) is 9.97. The maximum absolute atomic E-state index is 14.1. The smallest absolute Gasteiger partial charge is 0.232 e. The number of aliphatic hydroxyl groups excluding tert-OH is 1.